The molecule has 1 atom stereocenters. The minimum atomic E-state index is -0.441. The van der Waals surface area contributed by atoms with Gasteiger partial charge in [-0.15, -0.1) is 0 Å². The van der Waals surface area contributed by atoms with E-state index in [0.29, 0.717) is 23.7 Å². The van der Waals surface area contributed by atoms with E-state index in [1.807, 2.05) is 0 Å². The predicted molar refractivity (Wildman–Crippen MR) is 75.1 cm³/mol. The number of hydrogen-bond donors (Lipinski definition) is 1. The average Bonchev–Trinajstić information content (AvgIpc) is 2.82. The van der Waals surface area contributed by atoms with E-state index in [2.05, 4.69) is 17.1 Å². The lowest BCUT2D eigenvalue weighted by atomic mass is 10.1. The summed E-state index contributed by atoms with van der Waals surface area (Å²) in [5.74, 6) is 0.483. The molecular weight excluding hydrogens is 281 g/mol. The Bertz CT molecular complexity index is 573. The largest absolute Gasteiger partial charge is 0.339 e. The maximum absolute atomic E-state index is 13.8. The predicted octanol–water partition coefficient (Wildman–Crippen LogP) is 3.12. The maximum Gasteiger partial charge on any atom is 0.228 e. The molecule has 0 fully saturated rings. The summed E-state index contributed by atoms with van der Waals surface area (Å²) in [4.78, 5) is 4.23. The van der Waals surface area contributed by atoms with Gasteiger partial charge in [0.2, 0.25) is 5.89 Å². The summed E-state index contributed by atoms with van der Waals surface area (Å²) in [6, 6.07) is 4.86. The van der Waals surface area contributed by atoms with Crippen LogP contribution in [0.5, 0.6) is 0 Å². The number of aromatic nitrogens is 2. The van der Waals surface area contributed by atoms with Crippen molar-refractivity contribution in [3.8, 4) is 0 Å². The van der Waals surface area contributed by atoms with E-state index in [9.17, 15) is 4.39 Å². The molecule has 0 bridgehead atoms. The molecule has 0 radical (unpaired) electrons. The van der Waals surface area contributed by atoms with Gasteiger partial charge < -0.3 is 10.3 Å². The molecule has 0 aliphatic carbocycles. The zero-order valence-electron chi connectivity index (χ0n) is 11.3. The van der Waals surface area contributed by atoms with Crippen molar-refractivity contribution in [1.82, 2.24) is 10.1 Å². The third-order valence-corrected chi connectivity index (χ3v) is 3.28. The fourth-order valence-corrected chi connectivity index (χ4v) is 2.19. The lowest BCUT2D eigenvalue weighted by Crippen LogP contribution is -2.22. The van der Waals surface area contributed by atoms with Crippen LogP contribution < -0.4 is 5.73 Å². The van der Waals surface area contributed by atoms with Crippen molar-refractivity contribution in [2.45, 2.75) is 38.6 Å². The van der Waals surface area contributed by atoms with E-state index in [-0.39, 0.29) is 17.5 Å². The molecule has 0 aliphatic heterocycles. The molecular formula is C14H17ClFN3O. The third-order valence-electron chi connectivity index (χ3n) is 2.99. The SMILES string of the molecule is CCCC(N)Cc1nc(Cc2cccc(Cl)c2F)no1. The summed E-state index contributed by atoms with van der Waals surface area (Å²) in [5.41, 5.74) is 6.36. The molecule has 1 heterocycles. The number of nitrogens with two attached hydrogens (primary N) is 1. The third kappa shape index (κ3) is 3.77. The first-order chi connectivity index (χ1) is 9.60. The van der Waals surface area contributed by atoms with E-state index < -0.39 is 5.82 Å². The Morgan fingerprint density at radius 2 is 2.25 bits per heavy atom. The zero-order valence-corrected chi connectivity index (χ0v) is 12.0. The van der Waals surface area contributed by atoms with Crippen molar-refractivity contribution in [2.24, 2.45) is 5.73 Å². The van der Waals surface area contributed by atoms with Gasteiger partial charge in [0.1, 0.15) is 5.82 Å². The van der Waals surface area contributed by atoms with Gasteiger partial charge in [-0.2, -0.15) is 4.98 Å². The maximum atomic E-state index is 13.8. The molecule has 0 aliphatic rings. The second-order valence-corrected chi connectivity index (χ2v) is 5.15. The molecule has 2 rings (SSSR count). The molecule has 108 valence electrons. The minimum absolute atomic E-state index is 0.0104. The standard InChI is InChI=1S/C14H17ClFN3O/c1-2-4-10(17)8-13-18-12(19-20-13)7-9-5-3-6-11(15)14(9)16/h3,5-6,10H,2,4,7-8,17H2,1H3. The first kappa shape index (κ1) is 14.9. The highest BCUT2D eigenvalue weighted by Gasteiger charge is 2.13. The summed E-state index contributed by atoms with van der Waals surface area (Å²) in [6.45, 7) is 2.07. The highest BCUT2D eigenvalue weighted by molar-refractivity contribution is 6.30. The fourth-order valence-electron chi connectivity index (χ4n) is 2.00. The number of halogens is 2. The Kier molecular flexibility index (Phi) is 5.09. The van der Waals surface area contributed by atoms with Crippen LogP contribution in [0.3, 0.4) is 0 Å². The van der Waals surface area contributed by atoms with Crippen molar-refractivity contribution in [1.29, 1.82) is 0 Å². The Morgan fingerprint density at radius 1 is 1.45 bits per heavy atom. The molecule has 2 N–H and O–H groups in total. The molecule has 2 aromatic rings. The van der Waals surface area contributed by atoms with Gasteiger partial charge in [0.15, 0.2) is 5.82 Å². The Hall–Kier alpha value is -1.46. The minimum Gasteiger partial charge on any atom is -0.339 e. The lowest BCUT2D eigenvalue weighted by Gasteiger charge is -2.05. The molecule has 1 unspecified atom stereocenters. The quantitative estimate of drug-likeness (QED) is 0.889. The average molecular weight is 298 g/mol. The monoisotopic (exact) mass is 297 g/mol. The van der Waals surface area contributed by atoms with Crippen LogP contribution in [0.25, 0.3) is 0 Å². The Balaban J connectivity index is 2.04. The molecule has 4 nitrogen and oxygen atoms in total. The van der Waals surface area contributed by atoms with E-state index in [0.717, 1.165) is 12.8 Å². The summed E-state index contributed by atoms with van der Waals surface area (Å²) >= 11 is 5.73. The van der Waals surface area contributed by atoms with Crippen molar-refractivity contribution in [3.63, 3.8) is 0 Å². The summed E-state index contributed by atoms with van der Waals surface area (Å²) in [6.07, 6.45) is 2.70. The van der Waals surface area contributed by atoms with Crippen molar-refractivity contribution >= 4 is 11.6 Å². The van der Waals surface area contributed by atoms with Gasteiger partial charge in [0, 0.05) is 18.9 Å². The smallest absolute Gasteiger partial charge is 0.228 e. The van der Waals surface area contributed by atoms with Crippen molar-refractivity contribution < 1.29 is 8.91 Å². The topological polar surface area (TPSA) is 64.9 Å². The Morgan fingerprint density at radius 3 is 3.00 bits per heavy atom. The van der Waals surface area contributed by atoms with Gasteiger partial charge in [0.25, 0.3) is 0 Å². The number of nitrogens with zero attached hydrogens (tertiary/aromatic N) is 2. The van der Waals surface area contributed by atoms with Gasteiger partial charge in [-0.05, 0) is 18.1 Å². The van der Waals surface area contributed by atoms with E-state index in [1.165, 1.54) is 6.07 Å². The van der Waals surface area contributed by atoms with E-state index in [4.69, 9.17) is 21.9 Å². The van der Waals surface area contributed by atoms with Crippen LogP contribution in [0.15, 0.2) is 22.7 Å². The van der Waals surface area contributed by atoms with Crippen LogP contribution in [0, 0.1) is 5.82 Å². The zero-order chi connectivity index (χ0) is 14.5. The normalized spacial score (nSPS) is 12.6. The van der Waals surface area contributed by atoms with Gasteiger partial charge >= 0.3 is 0 Å². The van der Waals surface area contributed by atoms with Gasteiger partial charge in [0.05, 0.1) is 5.02 Å². The first-order valence-corrected chi connectivity index (χ1v) is 6.98. The van der Waals surface area contributed by atoms with Crippen LogP contribution >= 0.6 is 11.6 Å². The second kappa shape index (κ2) is 6.81. The van der Waals surface area contributed by atoms with Gasteiger partial charge in [-0.25, -0.2) is 4.39 Å². The van der Waals surface area contributed by atoms with Crippen LogP contribution in [0.1, 0.15) is 37.0 Å². The lowest BCUT2D eigenvalue weighted by molar-refractivity contribution is 0.361. The molecule has 0 spiro atoms. The summed E-state index contributed by atoms with van der Waals surface area (Å²) in [5, 5.41) is 3.94. The molecule has 0 saturated carbocycles. The van der Waals surface area contributed by atoms with Crippen LogP contribution in [0.2, 0.25) is 5.02 Å². The molecule has 20 heavy (non-hydrogen) atoms. The summed E-state index contributed by atoms with van der Waals surface area (Å²) < 4.78 is 18.9. The summed E-state index contributed by atoms with van der Waals surface area (Å²) in [7, 11) is 0. The fraction of sp³-hybridized carbons (Fsp3) is 0.429. The van der Waals surface area contributed by atoms with E-state index in [1.54, 1.807) is 12.1 Å². The number of hydrogen-bond acceptors (Lipinski definition) is 4. The molecule has 6 heteroatoms. The number of rotatable bonds is 6. The second-order valence-electron chi connectivity index (χ2n) is 4.75. The van der Waals surface area contributed by atoms with Crippen molar-refractivity contribution in [2.75, 3.05) is 0 Å². The Labute approximate surface area is 122 Å². The van der Waals surface area contributed by atoms with Gasteiger partial charge in [-0.1, -0.05) is 42.2 Å². The van der Waals surface area contributed by atoms with Crippen molar-refractivity contribution in [3.05, 3.63) is 46.3 Å². The highest BCUT2D eigenvalue weighted by atomic mass is 35.5. The molecule has 1 aromatic heterocycles. The number of benzene rings is 1. The first-order valence-electron chi connectivity index (χ1n) is 6.60. The van der Waals surface area contributed by atoms with Crippen LogP contribution in [-0.2, 0) is 12.8 Å². The van der Waals surface area contributed by atoms with Crippen LogP contribution in [-0.4, -0.2) is 16.2 Å². The highest BCUT2D eigenvalue weighted by Crippen LogP contribution is 2.19. The molecule has 0 saturated heterocycles. The van der Waals surface area contributed by atoms with Crippen LogP contribution in [0.4, 0.5) is 4.39 Å². The molecule has 1 aromatic carbocycles. The van der Waals surface area contributed by atoms with Gasteiger partial charge in [-0.3, -0.25) is 0 Å². The van der Waals surface area contributed by atoms with E-state index >= 15 is 0 Å². The molecule has 0 amide bonds.